The molecule has 1 aromatic heterocycles. The summed E-state index contributed by atoms with van der Waals surface area (Å²) in [6.07, 6.45) is 1.45. The Balaban J connectivity index is 1.96. The fourth-order valence-electron chi connectivity index (χ4n) is 3.29. The van der Waals surface area contributed by atoms with E-state index in [0.717, 1.165) is 23.3 Å². The highest BCUT2D eigenvalue weighted by atomic mass is 32.2. The number of hydrogen-bond donors (Lipinski definition) is 1. The maximum atomic E-state index is 13.1. The van der Waals surface area contributed by atoms with Gasteiger partial charge in [0.1, 0.15) is 5.69 Å². The van der Waals surface area contributed by atoms with Crippen molar-refractivity contribution < 1.29 is 31.1 Å². The summed E-state index contributed by atoms with van der Waals surface area (Å²) in [7, 11) is -5.70. The van der Waals surface area contributed by atoms with Crippen LogP contribution in [0.2, 0.25) is 0 Å². The van der Waals surface area contributed by atoms with E-state index in [4.69, 9.17) is 4.74 Å². The largest absolute Gasteiger partial charge is 0.516 e. The Bertz CT molecular complexity index is 1210. The van der Waals surface area contributed by atoms with Crippen LogP contribution in [0.15, 0.2) is 22.4 Å². The summed E-state index contributed by atoms with van der Waals surface area (Å²) < 4.78 is 69.5. The summed E-state index contributed by atoms with van der Waals surface area (Å²) in [4.78, 5) is 14.0. The van der Waals surface area contributed by atoms with E-state index in [-0.39, 0.29) is 40.1 Å². The summed E-state index contributed by atoms with van der Waals surface area (Å²) in [6, 6.07) is 2.88. The number of sulfonamides is 1. The van der Waals surface area contributed by atoms with Gasteiger partial charge in [0, 0.05) is 18.3 Å². The van der Waals surface area contributed by atoms with Crippen molar-refractivity contribution in [3.8, 4) is 0 Å². The van der Waals surface area contributed by atoms with Crippen molar-refractivity contribution in [1.82, 2.24) is 10.2 Å². The van der Waals surface area contributed by atoms with Crippen molar-refractivity contribution >= 4 is 49.5 Å². The lowest BCUT2D eigenvalue weighted by Gasteiger charge is -2.35. The molecule has 2 aromatic rings. The van der Waals surface area contributed by atoms with E-state index >= 15 is 0 Å². The Morgan fingerprint density at radius 3 is 2.57 bits per heavy atom. The van der Waals surface area contributed by atoms with Gasteiger partial charge in [-0.05, 0) is 50.3 Å². The molecule has 0 saturated heterocycles. The van der Waals surface area contributed by atoms with Gasteiger partial charge in [-0.15, -0.1) is 20.4 Å². The summed E-state index contributed by atoms with van der Waals surface area (Å²) in [5.41, 5.74) is -4.60. The average molecular weight is 535 g/mol. The number of aromatic nitrogens is 2. The molecule has 3 rings (SSSR count). The molecule has 0 amide bonds. The Morgan fingerprint density at radius 1 is 1.23 bits per heavy atom. The Kier molecular flexibility index (Phi) is 7.99. The lowest BCUT2D eigenvalue weighted by Crippen LogP contribution is -2.35. The minimum Gasteiger partial charge on any atom is -0.460 e. The quantitative estimate of drug-likeness (QED) is 0.365. The molecule has 10 nitrogen and oxygen atoms in total. The van der Waals surface area contributed by atoms with Gasteiger partial charge in [0.2, 0.25) is 5.01 Å². The highest BCUT2D eigenvalue weighted by molar-refractivity contribution is 7.93. The van der Waals surface area contributed by atoms with Crippen molar-refractivity contribution in [3.63, 3.8) is 0 Å². The molecule has 35 heavy (non-hydrogen) atoms. The number of carbonyl (C=O) groups is 1. The van der Waals surface area contributed by atoms with E-state index in [1.54, 1.807) is 4.72 Å². The summed E-state index contributed by atoms with van der Waals surface area (Å²) in [6.45, 7) is 8.48. The number of anilines is 2. The third kappa shape index (κ3) is 6.45. The first-order valence-corrected chi connectivity index (χ1v) is 13.0. The molecule has 1 N–H and O–H groups in total. The second kappa shape index (κ2) is 10.4. The fourth-order valence-corrected chi connectivity index (χ4v) is 4.42. The van der Waals surface area contributed by atoms with E-state index in [0.29, 0.717) is 18.7 Å². The number of benzene rings is 1. The topological polar surface area (TPSA) is 126 Å². The number of fused-ring (bicyclic) bond motifs is 1. The molecule has 1 aromatic carbocycles. The molecule has 0 radical (unpaired) electrons. The molecule has 1 aliphatic heterocycles. The van der Waals surface area contributed by atoms with Crippen molar-refractivity contribution in [2.24, 2.45) is 16.1 Å². The SMILES string of the molecule is CC(C)COC(=O)c1nnc(N=Nc2cc3c(cc2NS(=O)(=O)C(F)(F)F)N(C(C)C)CCC3)s1. The zero-order valence-corrected chi connectivity index (χ0v) is 21.1. The number of nitrogens with one attached hydrogen (secondary N) is 1. The van der Waals surface area contributed by atoms with E-state index in [1.165, 1.54) is 12.1 Å². The highest BCUT2D eigenvalue weighted by Gasteiger charge is 2.46. The number of ether oxygens (including phenoxy) is 1. The van der Waals surface area contributed by atoms with Crippen molar-refractivity contribution in [2.45, 2.75) is 52.1 Å². The molecule has 0 spiro atoms. The van der Waals surface area contributed by atoms with Crippen LogP contribution < -0.4 is 9.62 Å². The van der Waals surface area contributed by atoms with Gasteiger partial charge in [0.05, 0.1) is 12.3 Å². The van der Waals surface area contributed by atoms with Crippen LogP contribution in [0, 0.1) is 5.92 Å². The van der Waals surface area contributed by atoms with Crippen LogP contribution in [0.4, 0.5) is 35.4 Å². The van der Waals surface area contributed by atoms with Gasteiger partial charge in [0.25, 0.3) is 5.13 Å². The maximum absolute atomic E-state index is 13.1. The molecule has 192 valence electrons. The van der Waals surface area contributed by atoms with Crippen LogP contribution in [0.5, 0.6) is 0 Å². The van der Waals surface area contributed by atoms with E-state index in [2.05, 4.69) is 20.4 Å². The minimum atomic E-state index is -5.70. The van der Waals surface area contributed by atoms with Gasteiger partial charge < -0.3 is 9.64 Å². The summed E-state index contributed by atoms with van der Waals surface area (Å²) in [5.74, 6) is -0.556. The Morgan fingerprint density at radius 2 is 1.94 bits per heavy atom. The van der Waals surface area contributed by atoms with Gasteiger partial charge in [-0.1, -0.05) is 25.2 Å². The molecular formula is C20H25F3N6O4S2. The molecule has 15 heteroatoms. The number of nitrogens with zero attached hydrogens (tertiary/aromatic N) is 5. The number of esters is 1. The second-order valence-corrected chi connectivity index (χ2v) is 11.2. The first-order valence-electron chi connectivity index (χ1n) is 10.7. The predicted octanol–water partition coefficient (Wildman–Crippen LogP) is 5.19. The minimum absolute atomic E-state index is 0.0452. The molecule has 0 unspecified atom stereocenters. The van der Waals surface area contributed by atoms with Crippen LogP contribution in [-0.2, 0) is 21.2 Å². The maximum Gasteiger partial charge on any atom is 0.516 e. The zero-order chi connectivity index (χ0) is 26.0. The number of hydrogen-bond acceptors (Lipinski definition) is 10. The van der Waals surface area contributed by atoms with E-state index in [1.807, 2.05) is 32.6 Å². The van der Waals surface area contributed by atoms with Crippen LogP contribution in [0.1, 0.15) is 49.5 Å². The number of aryl methyl sites for hydroxylation is 1. The number of carbonyl (C=O) groups excluding carboxylic acids is 1. The summed E-state index contributed by atoms with van der Waals surface area (Å²) >= 11 is 0.784. The van der Waals surface area contributed by atoms with Gasteiger partial charge in [-0.25, -0.2) is 4.79 Å². The molecule has 0 bridgehead atoms. The number of rotatable bonds is 8. The Hall–Kier alpha value is -2.81. The molecule has 1 aliphatic rings. The standard InChI is InChI=1S/C20H25F3N6O4S2/c1-11(2)10-33-18(30)17-25-27-19(34-17)26-24-14-8-13-6-5-7-29(12(3)4)16(13)9-15(14)28-35(31,32)20(21,22)23/h8-9,11-12,28H,5-7,10H2,1-4H3. The third-order valence-corrected chi connectivity index (χ3v) is 6.79. The highest BCUT2D eigenvalue weighted by Crippen LogP contribution is 2.40. The van der Waals surface area contributed by atoms with Gasteiger partial charge in [0.15, 0.2) is 0 Å². The molecule has 0 aliphatic carbocycles. The number of azo groups is 1. The lowest BCUT2D eigenvalue weighted by molar-refractivity contribution is -0.0429. The third-order valence-electron chi connectivity index (χ3n) is 4.90. The van der Waals surface area contributed by atoms with Crippen LogP contribution in [-0.4, -0.2) is 49.3 Å². The van der Waals surface area contributed by atoms with Crippen LogP contribution in [0.25, 0.3) is 0 Å². The number of halogens is 3. The van der Waals surface area contributed by atoms with Crippen LogP contribution in [0.3, 0.4) is 0 Å². The van der Waals surface area contributed by atoms with Gasteiger partial charge in [-0.2, -0.15) is 21.6 Å². The number of alkyl halides is 3. The molecular weight excluding hydrogens is 509 g/mol. The van der Waals surface area contributed by atoms with E-state index < -0.39 is 21.5 Å². The average Bonchev–Trinajstić information content (AvgIpc) is 3.23. The molecule has 0 fully saturated rings. The van der Waals surface area contributed by atoms with E-state index in [9.17, 15) is 26.4 Å². The Labute approximate surface area is 204 Å². The first-order chi connectivity index (χ1) is 16.3. The smallest absolute Gasteiger partial charge is 0.460 e. The van der Waals surface area contributed by atoms with Gasteiger partial charge in [-0.3, -0.25) is 4.72 Å². The normalized spacial score (nSPS) is 14.6. The zero-order valence-electron chi connectivity index (χ0n) is 19.5. The second-order valence-electron chi connectivity index (χ2n) is 8.52. The first kappa shape index (κ1) is 26.8. The fraction of sp³-hybridized carbons (Fsp3) is 0.550. The molecule has 0 saturated carbocycles. The molecule has 2 heterocycles. The van der Waals surface area contributed by atoms with Crippen LogP contribution >= 0.6 is 11.3 Å². The lowest BCUT2D eigenvalue weighted by atomic mass is 9.99. The van der Waals surface area contributed by atoms with Crippen molar-refractivity contribution in [2.75, 3.05) is 22.8 Å². The predicted molar refractivity (Wildman–Crippen MR) is 125 cm³/mol. The monoisotopic (exact) mass is 534 g/mol. The molecule has 0 atom stereocenters. The van der Waals surface area contributed by atoms with Crippen molar-refractivity contribution in [1.29, 1.82) is 0 Å². The summed E-state index contributed by atoms with van der Waals surface area (Å²) in [5, 5.41) is 15.1. The van der Waals surface area contributed by atoms with Gasteiger partial charge >= 0.3 is 21.5 Å². The van der Waals surface area contributed by atoms with Crippen molar-refractivity contribution in [3.05, 3.63) is 22.7 Å².